The molecule has 0 aliphatic rings. The molecule has 4 nitrogen and oxygen atoms in total. The second-order valence-corrected chi connectivity index (χ2v) is 2.29. The van der Waals surface area contributed by atoms with Gasteiger partial charge in [-0.3, -0.25) is 4.79 Å². The smallest absolute Gasteiger partial charge is 0.481 e. The van der Waals surface area contributed by atoms with E-state index in [0.717, 1.165) is 6.07 Å². The second-order valence-electron chi connectivity index (χ2n) is 2.29. The van der Waals surface area contributed by atoms with Gasteiger partial charge < -0.3 is 5.11 Å². The van der Waals surface area contributed by atoms with Crippen molar-refractivity contribution >= 4 is 5.97 Å². The number of alkyl halides is 3. The van der Waals surface area contributed by atoms with Crippen molar-refractivity contribution < 1.29 is 23.1 Å². The summed E-state index contributed by atoms with van der Waals surface area (Å²) >= 11 is 0. The third kappa shape index (κ3) is 2.46. The molecule has 0 spiro atoms. The van der Waals surface area contributed by atoms with Crippen molar-refractivity contribution in [1.82, 2.24) is 9.78 Å². The maximum absolute atomic E-state index is 11.9. The zero-order chi connectivity index (χ0) is 10.1. The van der Waals surface area contributed by atoms with Crippen LogP contribution in [0.15, 0.2) is 12.3 Å². The Kier molecular flexibility index (Phi) is 2.26. The summed E-state index contributed by atoms with van der Waals surface area (Å²) in [6.07, 6.45) is -4.42. The minimum Gasteiger partial charge on any atom is -0.481 e. The Morgan fingerprint density at radius 3 is 2.62 bits per heavy atom. The van der Waals surface area contributed by atoms with Gasteiger partial charge in [-0.15, -0.1) is 13.2 Å². The molecule has 1 aromatic rings. The Morgan fingerprint density at radius 1 is 1.62 bits per heavy atom. The van der Waals surface area contributed by atoms with Gasteiger partial charge in [-0.25, -0.2) is 0 Å². The molecule has 0 saturated carbocycles. The van der Waals surface area contributed by atoms with Crippen LogP contribution in [0.2, 0.25) is 0 Å². The van der Waals surface area contributed by atoms with E-state index in [9.17, 15) is 18.0 Å². The second kappa shape index (κ2) is 3.08. The van der Waals surface area contributed by atoms with Crippen LogP contribution in [0.4, 0.5) is 13.2 Å². The van der Waals surface area contributed by atoms with E-state index in [-0.39, 0.29) is 10.4 Å². The van der Waals surface area contributed by atoms with Crippen molar-refractivity contribution in [1.29, 1.82) is 0 Å². The van der Waals surface area contributed by atoms with Crippen LogP contribution in [0.25, 0.3) is 0 Å². The van der Waals surface area contributed by atoms with Crippen molar-refractivity contribution in [3.8, 4) is 0 Å². The number of hydrogen-bond donors (Lipinski definition) is 1. The van der Waals surface area contributed by atoms with Crippen LogP contribution >= 0.6 is 0 Å². The van der Waals surface area contributed by atoms with Crippen molar-refractivity contribution in [3.63, 3.8) is 0 Å². The van der Waals surface area contributed by atoms with Gasteiger partial charge >= 0.3 is 12.3 Å². The number of carboxylic acid groups (broad SMARTS) is 1. The molecule has 0 radical (unpaired) electrons. The van der Waals surface area contributed by atoms with Gasteiger partial charge in [-0.2, -0.15) is 9.78 Å². The molecule has 0 atom stereocenters. The number of aliphatic carboxylic acids is 1. The Morgan fingerprint density at radius 2 is 2.23 bits per heavy atom. The molecule has 13 heavy (non-hydrogen) atoms. The first kappa shape index (κ1) is 9.56. The van der Waals surface area contributed by atoms with Crippen LogP contribution in [0.3, 0.4) is 0 Å². The van der Waals surface area contributed by atoms with Crippen molar-refractivity contribution in [2.24, 2.45) is 0 Å². The maximum Gasteiger partial charge on any atom is 0.504 e. The van der Waals surface area contributed by atoms with Crippen LogP contribution in [-0.2, 0) is 17.5 Å². The fourth-order valence-electron chi connectivity index (χ4n) is 0.752. The van der Waals surface area contributed by atoms with E-state index in [0.29, 0.717) is 6.20 Å². The quantitative estimate of drug-likeness (QED) is 0.763. The number of hydrogen-bond acceptors (Lipinski definition) is 2. The molecule has 0 aliphatic carbocycles. The average Bonchev–Trinajstić information content (AvgIpc) is 2.32. The van der Waals surface area contributed by atoms with Gasteiger partial charge in [0.2, 0.25) is 0 Å². The third-order valence-electron chi connectivity index (χ3n) is 1.24. The van der Waals surface area contributed by atoms with Crippen molar-refractivity contribution in [2.75, 3.05) is 0 Å². The predicted octanol–water partition coefficient (Wildman–Crippen LogP) is 0.987. The summed E-state index contributed by atoms with van der Waals surface area (Å²) < 4.78 is 35.4. The molecule has 7 heteroatoms. The summed E-state index contributed by atoms with van der Waals surface area (Å²) in [5.41, 5.74) is -0.121. The number of carboxylic acids is 1. The topological polar surface area (TPSA) is 55.1 Å². The van der Waals surface area contributed by atoms with Crippen molar-refractivity contribution in [2.45, 2.75) is 12.7 Å². The molecule has 1 aromatic heterocycles. The van der Waals surface area contributed by atoms with E-state index < -0.39 is 18.7 Å². The highest BCUT2D eigenvalue weighted by Gasteiger charge is 2.31. The number of aromatic nitrogens is 2. The first-order valence-electron chi connectivity index (χ1n) is 3.23. The largest absolute Gasteiger partial charge is 0.504 e. The highest BCUT2D eigenvalue weighted by atomic mass is 19.4. The number of halogens is 3. The number of rotatable bonds is 2. The molecule has 0 amide bonds. The monoisotopic (exact) mass is 194 g/mol. The van der Waals surface area contributed by atoms with Crippen LogP contribution in [-0.4, -0.2) is 20.9 Å². The van der Waals surface area contributed by atoms with E-state index in [2.05, 4.69) is 5.10 Å². The molecular formula is C6H5F3N2O2. The third-order valence-corrected chi connectivity index (χ3v) is 1.24. The van der Waals surface area contributed by atoms with Gasteiger partial charge in [0.1, 0.15) is 0 Å². The highest BCUT2D eigenvalue weighted by molar-refractivity contribution is 5.69. The number of carbonyl (C=O) groups is 1. The Labute approximate surface area is 70.6 Å². The minimum atomic E-state index is -4.59. The Balaban J connectivity index is 2.81. The summed E-state index contributed by atoms with van der Waals surface area (Å²) in [6, 6.07) is 1.02. The van der Waals surface area contributed by atoms with Crippen molar-refractivity contribution in [3.05, 3.63) is 18.0 Å². The minimum absolute atomic E-state index is 0.121. The lowest BCUT2D eigenvalue weighted by molar-refractivity contribution is -0.212. The van der Waals surface area contributed by atoms with Gasteiger partial charge in [0.05, 0.1) is 12.1 Å². The molecule has 1 heterocycles. The van der Waals surface area contributed by atoms with Crippen LogP contribution in [0.1, 0.15) is 5.69 Å². The molecule has 0 aromatic carbocycles. The average molecular weight is 194 g/mol. The van der Waals surface area contributed by atoms with Crippen LogP contribution in [0, 0.1) is 0 Å². The van der Waals surface area contributed by atoms with Gasteiger partial charge in [0, 0.05) is 6.20 Å². The molecule has 72 valence electrons. The van der Waals surface area contributed by atoms with E-state index in [1.165, 1.54) is 0 Å². The molecule has 0 saturated heterocycles. The van der Waals surface area contributed by atoms with Gasteiger partial charge in [-0.05, 0) is 6.07 Å². The van der Waals surface area contributed by atoms with Gasteiger partial charge in [0.15, 0.2) is 0 Å². The molecule has 1 rings (SSSR count). The van der Waals surface area contributed by atoms with E-state index in [1.807, 2.05) is 0 Å². The fourth-order valence-corrected chi connectivity index (χ4v) is 0.752. The predicted molar refractivity (Wildman–Crippen MR) is 34.9 cm³/mol. The highest BCUT2D eigenvalue weighted by Crippen LogP contribution is 2.20. The van der Waals surface area contributed by atoms with Gasteiger partial charge in [0.25, 0.3) is 0 Å². The summed E-state index contributed by atoms with van der Waals surface area (Å²) in [4.78, 5) is 10.1. The normalized spacial score (nSPS) is 11.6. The lowest BCUT2D eigenvalue weighted by atomic mass is 10.3. The Bertz CT molecular complexity index is 318. The maximum atomic E-state index is 11.9. The van der Waals surface area contributed by atoms with E-state index in [1.54, 1.807) is 0 Å². The van der Waals surface area contributed by atoms with E-state index in [4.69, 9.17) is 5.11 Å². The zero-order valence-electron chi connectivity index (χ0n) is 6.25. The SMILES string of the molecule is O=C(O)Cc1ccn(C(F)(F)F)n1. The first-order valence-corrected chi connectivity index (χ1v) is 3.23. The van der Waals surface area contributed by atoms with Crippen LogP contribution in [0.5, 0.6) is 0 Å². The lowest BCUT2D eigenvalue weighted by Crippen LogP contribution is -2.17. The summed E-state index contributed by atoms with van der Waals surface area (Å²) in [6.45, 7) is 0. The lowest BCUT2D eigenvalue weighted by Gasteiger charge is -2.03. The molecule has 0 unspecified atom stereocenters. The Hall–Kier alpha value is -1.53. The zero-order valence-corrected chi connectivity index (χ0v) is 6.25. The standard InChI is InChI=1S/C6H5F3N2O2/c7-6(8,9)11-2-1-4(10-11)3-5(12)13/h1-2H,3H2,(H,12,13). The summed E-state index contributed by atoms with van der Waals surface area (Å²) in [5.74, 6) is -1.22. The van der Waals surface area contributed by atoms with Gasteiger partial charge in [-0.1, -0.05) is 0 Å². The molecule has 0 bridgehead atoms. The molecule has 0 aliphatic heterocycles. The fraction of sp³-hybridized carbons (Fsp3) is 0.333. The molecule has 1 N–H and O–H groups in total. The number of nitrogens with zero attached hydrogens (tertiary/aromatic N) is 2. The van der Waals surface area contributed by atoms with E-state index >= 15 is 0 Å². The molecule has 0 fully saturated rings. The molecular weight excluding hydrogens is 189 g/mol. The van der Waals surface area contributed by atoms with Crippen LogP contribution < -0.4 is 0 Å². The summed E-state index contributed by atoms with van der Waals surface area (Å²) in [7, 11) is 0. The summed E-state index contributed by atoms with van der Waals surface area (Å²) in [5, 5.41) is 11.3. The first-order chi connectivity index (χ1) is 5.89.